The van der Waals surface area contributed by atoms with Gasteiger partial charge in [-0.25, -0.2) is 0 Å². The fraction of sp³-hybridized carbons (Fsp3) is 0.643. The number of fused-ring (bicyclic) bond motifs is 1. The van der Waals surface area contributed by atoms with Crippen molar-refractivity contribution < 1.29 is 9.15 Å². The Labute approximate surface area is 136 Å². The Bertz CT molecular complexity index is 436. The zero-order valence-corrected chi connectivity index (χ0v) is 14.0. The molecule has 2 N–H and O–H groups in total. The van der Waals surface area contributed by atoms with Gasteiger partial charge in [0.15, 0.2) is 5.96 Å². The molecule has 2 heterocycles. The second-order valence-electron chi connectivity index (χ2n) is 5.21. The van der Waals surface area contributed by atoms with Gasteiger partial charge in [0.25, 0.3) is 0 Å². The van der Waals surface area contributed by atoms with Gasteiger partial charge in [0.05, 0.1) is 18.9 Å². The molecule has 1 aliphatic heterocycles. The molecule has 1 aromatic rings. The van der Waals surface area contributed by atoms with Crippen molar-refractivity contribution in [2.75, 3.05) is 13.7 Å². The van der Waals surface area contributed by atoms with E-state index in [0.717, 1.165) is 24.7 Å². The quantitative estimate of drug-likeness (QED) is 0.471. The molecular weight excluding hydrogens is 369 g/mol. The summed E-state index contributed by atoms with van der Waals surface area (Å²) >= 11 is 0. The molecule has 112 valence electrons. The van der Waals surface area contributed by atoms with Crippen LogP contribution >= 0.6 is 24.0 Å². The average molecular weight is 391 g/mol. The standard InChI is InChI=1S/C14H21N3O2.HI/c1-15-14(16-9-10-4-2-6-18-10)17-12-8-13-11(12)5-3-7-19-13;/h2,4,6,11-13H,3,5,7-9H2,1H3,(H2,15,16,17);1H. The lowest BCUT2D eigenvalue weighted by molar-refractivity contribution is -0.0990. The molecule has 2 fully saturated rings. The first-order chi connectivity index (χ1) is 9.36. The van der Waals surface area contributed by atoms with Crippen LogP contribution in [-0.4, -0.2) is 31.8 Å². The number of hydrogen-bond donors (Lipinski definition) is 2. The first-order valence-electron chi connectivity index (χ1n) is 6.98. The highest BCUT2D eigenvalue weighted by atomic mass is 127. The fourth-order valence-electron chi connectivity index (χ4n) is 2.92. The monoisotopic (exact) mass is 391 g/mol. The predicted octanol–water partition coefficient (Wildman–Crippen LogP) is 2.13. The van der Waals surface area contributed by atoms with Crippen LogP contribution in [0.4, 0.5) is 0 Å². The fourth-order valence-corrected chi connectivity index (χ4v) is 2.92. The van der Waals surface area contributed by atoms with E-state index in [4.69, 9.17) is 9.15 Å². The first kappa shape index (κ1) is 15.6. The molecule has 3 rings (SSSR count). The maximum Gasteiger partial charge on any atom is 0.191 e. The predicted molar refractivity (Wildman–Crippen MR) is 88.3 cm³/mol. The highest BCUT2D eigenvalue weighted by Gasteiger charge is 2.43. The lowest BCUT2D eigenvalue weighted by Gasteiger charge is -2.47. The lowest BCUT2D eigenvalue weighted by Crippen LogP contribution is -2.59. The van der Waals surface area contributed by atoms with Crippen molar-refractivity contribution in [3.05, 3.63) is 24.2 Å². The Morgan fingerprint density at radius 2 is 2.40 bits per heavy atom. The van der Waals surface area contributed by atoms with Gasteiger partial charge in [-0.1, -0.05) is 0 Å². The Kier molecular flexibility index (Phi) is 5.71. The van der Waals surface area contributed by atoms with Gasteiger partial charge in [-0.15, -0.1) is 24.0 Å². The van der Waals surface area contributed by atoms with Gasteiger partial charge in [0.2, 0.25) is 0 Å². The highest BCUT2D eigenvalue weighted by Crippen LogP contribution is 2.37. The van der Waals surface area contributed by atoms with E-state index in [0.29, 0.717) is 24.6 Å². The van der Waals surface area contributed by atoms with Gasteiger partial charge in [-0.05, 0) is 31.4 Å². The molecule has 1 saturated carbocycles. The van der Waals surface area contributed by atoms with Crippen LogP contribution in [0, 0.1) is 5.92 Å². The molecule has 1 aromatic heterocycles. The summed E-state index contributed by atoms with van der Waals surface area (Å²) in [6.45, 7) is 1.59. The van der Waals surface area contributed by atoms with Crippen LogP contribution in [0.3, 0.4) is 0 Å². The first-order valence-corrected chi connectivity index (χ1v) is 6.98. The highest BCUT2D eigenvalue weighted by molar-refractivity contribution is 14.0. The van der Waals surface area contributed by atoms with Crippen molar-refractivity contribution in [1.29, 1.82) is 0 Å². The molecular formula is C14H22IN3O2. The summed E-state index contributed by atoms with van der Waals surface area (Å²) in [4.78, 5) is 4.26. The maximum absolute atomic E-state index is 5.73. The number of aliphatic imine (C=N–C) groups is 1. The van der Waals surface area contributed by atoms with Gasteiger partial charge in [0, 0.05) is 25.6 Å². The third-order valence-corrected chi connectivity index (χ3v) is 4.05. The SMILES string of the molecule is CN=C(NCc1ccco1)NC1CC2OCCCC12.I. The molecule has 0 spiro atoms. The lowest BCUT2D eigenvalue weighted by atomic mass is 9.72. The smallest absolute Gasteiger partial charge is 0.191 e. The molecule has 3 unspecified atom stereocenters. The van der Waals surface area contributed by atoms with Crippen molar-refractivity contribution >= 4 is 29.9 Å². The van der Waals surface area contributed by atoms with Crippen LogP contribution in [0.25, 0.3) is 0 Å². The summed E-state index contributed by atoms with van der Waals surface area (Å²) in [5.74, 6) is 2.40. The largest absolute Gasteiger partial charge is 0.467 e. The number of guanidine groups is 1. The minimum atomic E-state index is 0. The van der Waals surface area contributed by atoms with E-state index >= 15 is 0 Å². The van der Waals surface area contributed by atoms with Crippen LogP contribution in [0.15, 0.2) is 27.8 Å². The molecule has 1 saturated heterocycles. The van der Waals surface area contributed by atoms with E-state index in [-0.39, 0.29) is 24.0 Å². The Morgan fingerprint density at radius 1 is 1.50 bits per heavy atom. The number of nitrogens with one attached hydrogen (secondary N) is 2. The average Bonchev–Trinajstić information content (AvgIpc) is 2.92. The van der Waals surface area contributed by atoms with E-state index in [1.165, 1.54) is 12.8 Å². The minimum Gasteiger partial charge on any atom is -0.467 e. The van der Waals surface area contributed by atoms with E-state index in [9.17, 15) is 0 Å². The zero-order valence-electron chi connectivity index (χ0n) is 11.7. The number of hydrogen-bond acceptors (Lipinski definition) is 3. The number of halogens is 1. The molecule has 5 nitrogen and oxygen atoms in total. The number of nitrogens with zero attached hydrogens (tertiary/aromatic N) is 1. The van der Waals surface area contributed by atoms with Crippen molar-refractivity contribution in [3.8, 4) is 0 Å². The molecule has 0 radical (unpaired) electrons. The summed E-state index contributed by atoms with van der Waals surface area (Å²) in [5, 5.41) is 6.75. The number of furan rings is 1. The number of rotatable bonds is 3. The third-order valence-electron chi connectivity index (χ3n) is 4.05. The molecule has 0 aromatic carbocycles. The Morgan fingerprint density at radius 3 is 3.10 bits per heavy atom. The van der Waals surface area contributed by atoms with Crippen molar-refractivity contribution in [1.82, 2.24) is 10.6 Å². The van der Waals surface area contributed by atoms with Gasteiger partial charge in [0.1, 0.15) is 5.76 Å². The van der Waals surface area contributed by atoms with Crippen LogP contribution in [0.5, 0.6) is 0 Å². The zero-order chi connectivity index (χ0) is 13.1. The molecule has 20 heavy (non-hydrogen) atoms. The molecule has 2 aliphatic rings. The normalized spacial score (nSPS) is 28.9. The van der Waals surface area contributed by atoms with Gasteiger partial charge in [-0.2, -0.15) is 0 Å². The van der Waals surface area contributed by atoms with E-state index < -0.39 is 0 Å². The third kappa shape index (κ3) is 3.46. The number of ether oxygens (including phenoxy) is 1. The summed E-state index contributed by atoms with van der Waals surface area (Å²) in [6.07, 6.45) is 5.68. The molecule has 3 atom stereocenters. The van der Waals surface area contributed by atoms with Crippen LogP contribution < -0.4 is 10.6 Å². The van der Waals surface area contributed by atoms with E-state index in [1.807, 2.05) is 12.1 Å². The Hall–Kier alpha value is -0.760. The van der Waals surface area contributed by atoms with E-state index in [1.54, 1.807) is 13.3 Å². The molecule has 0 amide bonds. The van der Waals surface area contributed by atoms with Crippen LogP contribution in [-0.2, 0) is 11.3 Å². The summed E-state index contributed by atoms with van der Waals surface area (Å²) in [7, 11) is 1.80. The second kappa shape index (κ2) is 7.31. The van der Waals surface area contributed by atoms with Gasteiger partial charge >= 0.3 is 0 Å². The maximum atomic E-state index is 5.73. The minimum absolute atomic E-state index is 0. The summed E-state index contributed by atoms with van der Waals surface area (Å²) in [6, 6.07) is 4.34. The molecule has 1 aliphatic carbocycles. The van der Waals surface area contributed by atoms with Gasteiger partial charge < -0.3 is 19.8 Å². The second-order valence-corrected chi connectivity index (χ2v) is 5.21. The van der Waals surface area contributed by atoms with Crippen molar-refractivity contribution in [3.63, 3.8) is 0 Å². The molecule has 0 bridgehead atoms. The van der Waals surface area contributed by atoms with Crippen molar-refractivity contribution in [2.45, 2.75) is 38.0 Å². The Balaban J connectivity index is 0.00000147. The van der Waals surface area contributed by atoms with E-state index in [2.05, 4.69) is 15.6 Å². The molecule has 6 heteroatoms. The topological polar surface area (TPSA) is 58.8 Å². The van der Waals surface area contributed by atoms with Crippen molar-refractivity contribution in [2.24, 2.45) is 10.9 Å². The summed E-state index contributed by atoms with van der Waals surface area (Å²) < 4.78 is 11.0. The van der Waals surface area contributed by atoms with Gasteiger partial charge in [-0.3, -0.25) is 4.99 Å². The van der Waals surface area contributed by atoms with Crippen LogP contribution in [0.1, 0.15) is 25.0 Å². The van der Waals surface area contributed by atoms with Crippen LogP contribution in [0.2, 0.25) is 0 Å². The summed E-state index contributed by atoms with van der Waals surface area (Å²) in [5.41, 5.74) is 0.